The van der Waals surface area contributed by atoms with Gasteiger partial charge in [-0.15, -0.1) is 0 Å². The van der Waals surface area contributed by atoms with Crippen LogP contribution in [0.25, 0.3) is 22.1 Å². The first-order valence-corrected chi connectivity index (χ1v) is 10.3. The predicted molar refractivity (Wildman–Crippen MR) is 123 cm³/mol. The SMILES string of the molecule is CCOC(=O)c1ccc(-c2ccc(/C=N\NC(=O)Cc3cccc4ccccc34)o2)cc1. The quantitative estimate of drug-likeness (QED) is 0.257. The van der Waals surface area contributed by atoms with E-state index >= 15 is 0 Å². The van der Waals surface area contributed by atoms with E-state index in [1.165, 1.54) is 6.21 Å². The zero-order chi connectivity index (χ0) is 22.3. The van der Waals surface area contributed by atoms with E-state index in [-0.39, 0.29) is 18.3 Å². The number of carbonyl (C=O) groups excluding carboxylic acids is 2. The molecule has 4 aromatic rings. The summed E-state index contributed by atoms with van der Waals surface area (Å²) >= 11 is 0. The minimum Gasteiger partial charge on any atom is -0.462 e. The van der Waals surface area contributed by atoms with Crippen LogP contribution in [-0.2, 0) is 16.0 Å². The fraction of sp³-hybridized carbons (Fsp3) is 0.115. The van der Waals surface area contributed by atoms with Gasteiger partial charge in [0.2, 0.25) is 5.91 Å². The van der Waals surface area contributed by atoms with E-state index in [9.17, 15) is 9.59 Å². The summed E-state index contributed by atoms with van der Waals surface area (Å²) in [6, 6.07) is 24.4. The number of hydrogen-bond donors (Lipinski definition) is 1. The number of carbonyl (C=O) groups is 2. The van der Waals surface area contributed by atoms with Crippen LogP contribution in [0.4, 0.5) is 0 Å². The number of fused-ring (bicyclic) bond motifs is 1. The van der Waals surface area contributed by atoms with Gasteiger partial charge in [0.25, 0.3) is 0 Å². The van der Waals surface area contributed by atoms with Crippen molar-refractivity contribution in [3.05, 3.63) is 95.7 Å². The topological polar surface area (TPSA) is 80.9 Å². The highest BCUT2D eigenvalue weighted by Gasteiger charge is 2.09. The molecule has 0 atom stereocenters. The standard InChI is InChI=1S/C26H22N2O4/c1-2-31-26(30)20-12-10-19(11-13-20)24-15-14-22(32-24)17-27-28-25(29)16-21-8-5-7-18-6-3-4-9-23(18)21/h3-15,17H,2,16H2,1H3,(H,28,29)/b27-17-. The number of furan rings is 1. The van der Waals surface area contributed by atoms with Crippen LogP contribution >= 0.6 is 0 Å². The molecule has 0 saturated heterocycles. The number of hydrogen-bond acceptors (Lipinski definition) is 5. The molecule has 0 unspecified atom stereocenters. The van der Waals surface area contributed by atoms with Crippen molar-refractivity contribution in [2.45, 2.75) is 13.3 Å². The second-order valence-electron chi connectivity index (χ2n) is 7.11. The maximum absolute atomic E-state index is 12.3. The van der Waals surface area contributed by atoms with E-state index in [0.717, 1.165) is 21.9 Å². The number of nitrogens with one attached hydrogen (secondary N) is 1. The normalized spacial score (nSPS) is 11.0. The highest BCUT2D eigenvalue weighted by molar-refractivity contribution is 5.91. The average Bonchev–Trinajstić information content (AvgIpc) is 3.28. The van der Waals surface area contributed by atoms with E-state index in [2.05, 4.69) is 10.5 Å². The lowest BCUT2D eigenvalue weighted by molar-refractivity contribution is -0.120. The summed E-state index contributed by atoms with van der Waals surface area (Å²) in [7, 11) is 0. The number of nitrogens with zero attached hydrogens (tertiary/aromatic N) is 1. The monoisotopic (exact) mass is 426 g/mol. The lowest BCUT2D eigenvalue weighted by Crippen LogP contribution is -2.19. The number of benzene rings is 3. The fourth-order valence-electron chi connectivity index (χ4n) is 3.39. The molecule has 1 aromatic heterocycles. The molecule has 0 saturated carbocycles. The van der Waals surface area contributed by atoms with Gasteiger partial charge >= 0.3 is 5.97 Å². The van der Waals surface area contributed by atoms with Crippen LogP contribution in [0.5, 0.6) is 0 Å². The van der Waals surface area contributed by atoms with Gasteiger partial charge in [-0.3, -0.25) is 4.79 Å². The third-order valence-corrected chi connectivity index (χ3v) is 4.92. The summed E-state index contributed by atoms with van der Waals surface area (Å²) in [5.74, 6) is 0.563. The maximum Gasteiger partial charge on any atom is 0.338 e. The molecule has 0 bridgehead atoms. The van der Waals surface area contributed by atoms with E-state index in [1.54, 1.807) is 43.3 Å². The van der Waals surface area contributed by atoms with Crippen molar-refractivity contribution in [2.75, 3.05) is 6.61 Å². The molecule has 3 aromatic carbocycles. The zero-order valence-electron chi connectivity index (χ0n) is 17.6. The number of rotatable bonds is 7. The molecule has 160 valence electrons. The number of ether oxygens (including phenoxy) is 1. The van der Waals surface area contributed by atoms with Gasteiger partial charge in [0.15, 0.2) is 0 Å². The largest absolute Gasteiger partial charge is 0.462 e. The molecule has 0 aliphatic heterocycles. The summed E-state index contributed by atoms with van der Waals surface area (Å²) < 4.78 is 10.7. The van der Waals surface area contributed by atoms with Crippen LogP contribution in [0.1, 0.15) is 28.6 Å². The van der Waals surface area contributed by atoms with Gasteiger partial charge in [-0.05, 0) is 47.5 Å². The van der Waals surface area contributed by atoms with Crippen LogP contribution in [0.15, 0.2) is 88.4 Å². The van der Waals surface area contributed by atoms with Crippen LogP contribution < -0.4 is 5.43 Å². The van der Waals surface area contributed by atoms with E-state index in [0.29, 0.717) is 23.7 Å². The molecular weight excluding hydrogens is 404 g/mol. The first-order chi connectivity index (χ1) is 15.6. The Morgan fingerprint density at radius 1 is 0.969 bits per heavy atom. The summed E-state index contributed by atoms with van der Waals surface area (Å²) in [5, 5.41) is 6.15. The minimum absolute atomic E-state index is 0.209. The molecule has 4 rings (SSSR count). The van der Waals surface area contributed by atoms with Gasteiger partial charge in [0, 0.05) is 5.56 Å². The third kappa shape index (κ3) is 4.92. The Balaban J connectivity index is 1.36. The molecule has 0 aliphatic rings. The Bertz CT molecular complexity index is 1270. The van der Waals surface area contributed by atoms with Crippen molar-refractivity contribution < 1.29 is 18.7 Å². The van der Waals surface area contributed by atoms with Crippen LogP contribution in [-0.4, -0.2) is 24.7 Å². The van der Waals surface area contributed by atoms with Gasteiger partial charge in [-0.1, -0.05) is 54.6 Å². The van der Waals surface area contributed by atoms with Crippen molar-refractivity contribution in [3.63, 3.8) is 0 Å². The molecule has 0 spiro atoms. The molecule has 0 fully saturated rings. The van der Waals surface area contributed by atoms with Gasteiger partial charge in [0.05, 0.1) is 24.8 Å². The molecule has 1 N–H and O–H groups in total. The number of esters is 1. The fourth-order valence-corrected chi connectivity index (χ4v) is 3.39. The van der Waals surface area contributed by atoms with Crippen molar-refractivity contribution in [3.8, 4) is 11.3 Å². The minimum atomic E-state index is -0.356. The first-order valence-electron chi connectivity index (χ1n) is 10.3. The van der Waals surface area contributed by atoms with E-state index in [4.69, 9.17) is 9.15 Å². The smallest absolute Gasteiger partial charge is 0.338 e. The lowest BCUT2D eigenvalue weighted by atomic mass is 10.0. The summed E-state index contributed by atoms with van der Waals surface area (Å²) in [5.41, 5.74) is 4.79. The Kier molecular flexibility index (Phi) is 6.41. The second kappa shape index (κ2) is 9.75. The molecule has 1 heterocycles. The lowest BCUT2D eigenvalue weighted by Gasteiger charge is -2.05. The van der Waals surface area contributed by atoms with Gasteiger partial charge in [-0.2, -0.15) is 5.10 Å². The summed E-state index contributed by atoms with van der Waals surface area (Å²) in [4.78, 5) is 24.1. The highest BCUT2D eigenvalue weighted by Crippen LogP contribution is 2.22. The maximum atomic E-state index is 12.3. The van der Waals surface area contributed by atoms with Crippen LogP contribution in [0.3, 0.4) is 0 Å². The molecule has 0 radical (unpaired) electrons. The van der Waals surface area contributed by atoms with Gasteiger partial charge in [0.1, 0.15) is 11.5 Å². The molecule has 32 heavy (non-hydrogen) atoms. The van der Waals surface area contributed by atoms with Gasteiger partial charge < -0.3 is 9.15 Å². The van der Waals surface area contributed by atoms with Crippen molar-refractivity contribution >= 4 is 28.9 Å². The Morgan fingerprint density at radius 2 is 1.75 bits per heavy atom. The van der Waals surface area contributed by atoms with Crippen LogP contribution in [0, 0.1) is 0 Å². The van der Waals surface area contributed by atoms with E-state index < -0.39 is 0 Å². The van der Waals surface area contributed by atoms with Crippen LogP contribution in [0.2, 0.25) is 0 Å². The molecular formula is C26H22N2O4. The van der Waals surface area contributed by atoms with Crippen molar-refractivity contribution in [1.82, 2.24) is 5.43 Å². The predicted octanol–water partition coefficient (Wildman–Crippen LogP) is 4.97. The Hall–Kier alpha value is -4.19. The zero-order valence-corrected chi connectivity index (χ0v) is 17.6. The Labute approximate surface area is 185 Å². The summed E-state index contributed by atoms with van der Waals surface area (Å²) in [6.07, 6.45) is 1.69. The van der Waals surface area contributed by atoms with Crippen molar-refractivity contribution in [1.29, 1.82) is 0 Å². The molecule has 0 aliphatic carbocycles. The number of amides is 1. The summed E-state index contributed by atoms with van der Waals surface area (Å²) in [6.45, 7) is 2.10. The molecule has 6 heteroatoms. The number of hydrazone groups is 1. The second-order valence-corrected chi connectivity index (χ2v) is 7.11. The third-order valence-electron chi connectivity index (χ3n) is 4.92. The highest BCUT2D eigenvalue weighted by atomic mass is 16.5. The molecule has 6 nitrogen and oxygen atoms in total. The molecule has 1 amide bonds. The van der Waals surface area contributed by atoms with Crippen molar-refractivity contribution in [2.24, 2.45) is 5.10 Å². The first kappa shape index (κ1) is 21.1. The Morgan fingerprint density at radius 3 is 2.56 bits per heavy atom. The average molecular weight is 426 g/mol. The van der Waals surface area contributed by atoms with Gasteiger partial charge in [-0.25, -0.2) is 10.2 Å². The van der Waals surface area contributed by atoms with E-state index in [1.807, 2.05) is 42.5 Å².